The van der Waals surface area contributed by atoms with Crippen LogP contribution in [0.15, 0.2) is 0 Å². The first-order valence-electron chi connectivity index (χ1n) is 3.27. The predicted molar refractivity (Wildman–Crippen MR) is 36.0 cm³/mol. The van der Waals surface area contributed by atoms with Gasteiger partial charge >= 0.3 is 0 Å². The Hall–Kier alpha value is -0.120. The second-order valence-corrected chi connectivity index (χ2v) is 2.07. The van der Waals surface area contributed by atoms with Crippen LogP contribution in [0.1, 0.15) is 13.3 Å². The zero-order valence-electron chi connectivity index (χ0n) is 5.80. The van der Waals surface area contributed by atoms with Gasteiger partial charge in [0.2, 0.25) is 0 Å². The molecule has 3 heteroatoms. The second-order valence-electron chi connectivity index (χ2n) is 2.07. The monoisotopic (exact) mass is 133 g/mol. The highest BCUT2D eigenvalue weighted by Gasteiger charge is 2.01. The first-order valence-corrected chi connectivity index (χ1v) is 3.27. The maximum Gasteiger partial charge on any atom is 0.0931 e. The standard InChI is InChI=1S/C6H15NO2/c1-2-6(4-8)3-7-5-9/h6-9H,2-5H2,1H3. The minimum atomic E-state index is -0.00347. The molecule has 1 atom stereocenters. The van der Waals surface area contributed by atoms with Gasteiger partial charge in [-0.15, -0.1) is 0 Å². The summed E-state index contributed by atoms with van der Waals surface area (Å²) in [5, 5.41) is 19.7. The average Bonchev–Trinajstić information content (AvgIpc) is 1.91. The third-order valence-electron chi connectivity index (χ3n) is 1.38. The molecule has 56 valence electrons. The summed E-state index contributed by atoms with van der Waals surface area (Å²) in [4.78, 5) is 0. The van der Waals surface area contributed by atoms with E-state index in [9.17, 15) is 0 Å². The number of nitrogens with one attached hydrogen (secondary N) is 1. The van der Waals surface area contributed by atoms with E-state index in [0.29, 0.717) is 6.54 Å². The quantitative estimate of drug-likeness (QED) is 0.445. The fraction of sp³-hybridized carbons (Fsp3) is 1.00. The molecule has 0 aromatic heterocycles. The fourth-order valence-electron chi connectivity index (χ4n) is 0.607. The summed E-state index contributed by atoms with van der Waals surface area (Å²) in [6, 6.07) is 0. The van der Waals surface area contributed by atoms with Crippen LogP contribution in [-0.2, 0) is 0 Å². The molecule has 0 spiro atoms. The van der Waals surface area contributed by atoms with Gasteiger partial charge in [0.05, 0.1) is 6.73 Å². The number of hydrogen-bond acceptors (Lipinski definition) is 3. The van der Waals surface area contributed by atoms with Crippen LogP contribution >= 0.6 is 0 Å². The molecule has 0 heterocycles. The lowest BCUT2D eigenvalue weighted by molar-refractivity contribution is 0.196. The van der Waals surface area contributed by atoms with E-state index in [1.807, 2.05) is 6.92 Å². The highest BCUT2D eigenvalue weighted by atomic mass is 16.3. The molecule has 3 nitrogen and oxygen atoms in total. The topological polar surface area (TPSA) is 52.5 Å². The van der Waals surface area contributed by atoms with E-state index in [4.69, 9.17) is 10.2 Å². The highest BCUT2D eigenvalue weighted by molar-refractivity contribution is 4.55. The summed E-state index contributed by atoms with van der Waals surface area (Å²) in [7, 11) is 0. The van der Waals surface area contributed by atoms with E-state index in [-0.39, 0.29) is 19.3 Å². The van der Waals surface area contributed by atoms with Gasteiger partial charge in [-0.05, 0) is 12.3 Å². The van der Waals surface area contributed by atoms with Crippen molar-refractivity contribution >= 4 is 0 Å². The normalized spacial score (nSPS) is 13.7. The van der Waals surface area contributed by atoms with Gasteiger partial charge in [0.15, 0.2) is 0 Å². The van der Waals surface area contributed by atoms with Crippen LogP contribution in [0.5, 0.6) is 0 Å². The van der Waals surface area contributed by atoms with Gasteiger partial charge in [-0.2, -0.15) is 0 Å². The van der Waals surface area contributed by atoms with E-state index in [1.165, 1.54) is 0 Å². The van der Waals surface area contributed by atoms with Crippen molar-refractivity contribution in [2.45, 2.75) is 13.3 Å². The van der Waals surface area contributed by atoms with Gasteiger partial charge in [-0.3, -0.25) is 5.32 Å². The van der Waals surface area contributed by atoms with Crippen LogP contribution in [0.2, 0.25) is 0 Å². The molecule has 0 saturated carbocycles. The van der Waals surface area contributed by atoms with Crippen molar-refractivity contribution in [1.29, 1.82) is 0 Å². The molecule has 0 aliphatic heterocycles. The first kappa shape index (κ1) is 8.88. The number of aliphatic hydroxyl groups excluding tert-OH is 2. The third kappa shape index (κ3) is 4.39. The summed E-state index contributed by atoms with van der Waals surface area (Å²) in [6.45, 7) is 2.91. The summed E-state index contributed by atoms with van der Waals surface area (Å²) < 4.78 is 0. The summed E-state index contributed by atoms with van der Waals surface area (Å²) in [6.07, 6.45) is 0.948. The van der Waals surface area contributed by atoms with Crippen LogP contribution in [0.4, 0.5) is 0 Å². The second kappa shape index (κ2) is 6.01. The number of hydrogen-bond donors (Lipinski definition) is 3. The van der Waals surface area contributed by atoms with Crippen LogP contribution in [0.3, 0.4) is 0 Å². The van der Waals surface area contributed by atoms with Crippen molar-refractivity contribution < 1.29 is 10.2 Å². The average molecular weight is 133 g/mol. The van der Waals surface area contributed by atoms with Gasteiger partial charge in [0.25, 0.3) is 0 Å². The molecule has 0 rings (SSSR count). The molecule has 0 radical (unpaired) electrons. The van der Waals surface area contributed by atoms with Crippen molar-refractivity contribution in [1.82, 2.24) is 5.32 Å². The van der Waals surface area contributed by atoms with Crippen LogP contribution in [-0.4, -0.2) is 30.1 Å². The zero-order valence-corrected chi connectivity index (χ0v) is 5.80. The SMILES string of the molecule is CCC(CO)CNCO. The van der Waals surface area contributed by atoms with Crippen LogP contribution < -0.4 is 5.32 Å². The van der Waals surface area contributed by atoms with Crippen molar-refractivity contribution in [3.63, 3.8) is 0 Å². The zero-order chi connectivity index (χ0) is 7.11. The predicted octanol–water partition coefficient (Wildman–Crippen LogP) is -0.456. The van der Waals surface area contributed by atoms with Crippen LogP contribution in [0, 0.1) is 5.92 Å². The Morgan fingerprint density at radius 2 is 2.11 bits per heavy atom. The van der Waals surface area contributed by atoms with Gasteiger partial charge in [0.1, 0.15) is 0 Å². The largest absolute Gasteiger partial charge is 0.396 e. The summed E-state index contributed by atoms with van der Waals surface area (Å²) in [5.74, 6) is 0.289. The van der Waals surface area contributed by atoms with E-state index in [2.05, 4.69) is 5.32 Å². The molecule has 0 aromatic rings. The first-order chi connectivity index (χ1) is 4.35. The van der Waals surface area contributed by atoms with Crippen molar-refractivity contribution in [2.75, 3.05) is 19.9 Å². The Balaban J connectivity index is 3.09. The van der Waals surface area contributed by atoms with Gasteiger partial charge < -0.3 is 10.2 Å². The van der Waals surface area contributed by atoms with Crippen molar-refractivity contribution in [2.24, 2.45) is 5.92 Å². The summed E-state index contributed by atoms with van der Waals surface area (Å²) >= 11 is 0. The van der Waals surface area contributed by atoms with E-state index in [1.54, 1.807) is 0 Å². The van der Waals surface area contributed by atoms with Crippen molar-refractivity contribution in [3.05, 3.63) is 0 Å². The fourth-order valence-corrected chi connectivity index (χ4v) is 0.607. The Bertz CT molecular complexity index is 55.0. The maximum absolute atomic E-state index is 8.63. The molecule has 0 aliphatic carbocycles. The lowest BCUT2D eigenvalue weighted by atomic mass is 10.1. The molecular weight excluding hydrogens is 118 g/mol. The van der Waals surface area contributed by atoms with Crippen LogP contribution in [0.25, 0.3) is 0 Å². The Morgan fingerprint density at radius 1 is 1.44 bits per heavy atom. The minimum absolute atomic E-state index is 0.00347. The molecule has 3 N–H and O–H groups in total. The molecule has 9 heavy (non-hydrogen) atoms. The van der Waals surface area contributed by atoms with Gasteiger partial charge in [-0.1, -0.05) is 6.92 Å². The lowest BCUT2D eigenvalue weighted by Gasteiger charge is -2.09. The minimum Gasteiger partial charge on any atom is -0.396 e. The number of rotatable bonds is 5. The summed E-state index contributed by atoms with van der Waals surface area (Å²) in [5.41, 5.74) is 0. The van der Waals surface area contributed by atoms with E-state index < -0.39 is 0 Å². The Kier molecular flexibility index (Phi) is 5.93. The molecular formula is C6H15NO2. The Morgan fingerprint density at radius 3 is 2.44 bits per heavy atom. The maximum atomic E-state index is 8.63. The lowest BCUT2D eigenvalue weighted by Crippen LogP contribution is -2.25. The van der Waals surface area contributed by atoms with E-state index >= 15 is 0 Å². The van der Waals surface area contributed by atoms with Gasteiger partial charge in [-0.25, -0.2) is 0 Å². The van der Waals surface area contributed by atoms with Crippen molar-refractivity contribution in [3.8, 4) is 0 Å². The number of aliphatic hydroxyl groups is 2. The molecule has 0 aliphatic rings. The molecule has 0 aromatic carbocycles. The highest BCUT2D eigenvalue weighted by Crippen LogP contribution is 1.97. The molecule has 0 fully saturated rings. The van der Waals surface area contributed by atoms with Gasteiger partial charge in [0, 0.05) is 13.2 Å². The molecule has 0 saturated heterocycles. The smallest absolute Gasteiger partial charge is 0.0931 e. The van der Waals surface area contributed by atoms with E-state index in [0.717, 1.165) is 6.42 Å². The molecule has 1 unspecified atom stereocenters. The molecule has 0 bridgehead atoms. The molecule has 0 amide bonds. The third-order valence-corrected chi connectivity index (χ3v) is 1.38. The Labute approximate surface area is 55.7 Å².